The first kappa shape index (κ1) is 20.0. The maximum Gasteiger partial charge on any atom is 0.319 e. The van der Waals surface area contributed by atoms with Crippen molar-refractivity contribution in [3.05, 3.63) is 34.4 Å². The summed E-state index contributed by atoms with van der Waals surface area (Å²) in [6.07, 6.45) is 1.64. The SMILES string of the molecule is CCC(CC)NC(=O)COC(=O)[C@@H](C)Sc1ccc([N+](=O)[O-])cc1. The molecule has 0 bridgehead atoms. The molecular formula is C16H22N2O5S. The Hall–Kier alpha value is -2.09. The summed E-state index contributed by atoms with van der Waals surface area (Å²) in [5.41, 5.74) is -0.00680. The third kappa shape index (κ3) is 6.57. The van der Waals surface area contributed by atoms with Crippen molar-refractivity contribution in [1.29, 1.82) is 0 Å². The highest BCUT2D eigenvalue weighted by atomic mass is 32.2. The van der Waals surface area contributed by atoms with Gasteiger partial charge in [-0.1, -0.05) is 13.8 Å². The predicted molar refractivity (Wildman–Crippen MR) is 91.9 cm³/mol. The summed E-state index contributed by atoms with van der Waals surface area (Å²) in [5, 5.41) is 12.9. The van der Waals surface area contributed by atoms with Crippen LogP contribution in [0.25, 0.3) is 0 Å². The van der Waals surface area contributed by atoms with Gasteiger partial charge in [-0.3, -0.25) is 19.7 Å². The second-order valence-corrected chi connectivity index (χ2v) is 6.61. The molecule has 24 heavy (non-hydrogen) atoms. The van der Waals surface area contributed by atoms with E-state index in [1.54, 1.807) is 19.1 Å². The van der Waals surface area contributed by atoms with Crippen LogP contribution in [0.2, 0.25) is 0 Å². The van der Waals surface area contributed by atoms with Gasteiger partial charge in [-0.2, -0.15) is 0 Å². The topological polar surface area (TPSA) is 98.5 Å². The predicted octanol–water partition coefficient (Wildman–Crippen LogP) is 2.92. The van der Waals surface area contributed by atoms with Crippen LogP contribution < -0.4 is 5.32 Å². The lowest BCUT2D eigenvalue weighted by molar-refractivity contribution is -0.384. The Morgan fingerprint density at radius 1 is 1.25 bits per heavy atom. The van der Waals surface area contributed by atoms with E-state index in [1.165, 1.54) is 23.9 Å². The number of non-ortho nitro benzene ring substituents is 1. The zero-order valence-electron chi connectivity index (χ0n) is 14.0. The van der Waals surface area contributed by atoms with Crippen molar-refractivity contribution in [2.24, 2.45) is 0 Å². The number of esters is 1. The van der Waals surface area contributed by atoms with Crippen LogP contribution in [0.15, 0.2) is 29.2 Å². The minimum atomic E-state index is -0.521. The number of nitro benzene ring substituents is 1. The summed E-state index contributed by atoms with van der Waals surface area (Å²) >= 11 is 1.22. The molecule has 1 atom stereocenters. The molecule has 1 aromatic carbocycles. The molecule has 0 radical (unpaired) electrons. The monoisotopic (exact) mass is 354 g/mol. The van der Waals surface area contributed by atoms with Crippen molar-refractivity contribution < 1.29 is 19.2 Å². The number of nitrogens with one attached hydrogen (secondary N) is 1. The standard InChI is InChI=1S/C16H22N2O5S/c1-4-12(5-2)17-15(19)10-23-16(20)11(3)24-14-8-6-13(7-9-14)18(21)22/h6-9,11-12H,4-5,10H2,1-3H3,(H,17,19)/t11-/m1/s1. The number of carbonyl (C=O) groups is 2. The Morgan fingerprint density at radius 3 is 2.33 bits per heavy atom. The molecule has 0 fully saturated rings. The van der Waals surface area contributed by atoms with Gasteiger partial charge < -0.3 is 10.1 Å². The van der Waals surface area contributed by atoms with Crippen LogP contribution in [0, 0.1) is 10.1 Å². The summed E-state index contributed by atoms with van der Waals surface area (Å²) in [6, 6.07) is 5.99. The van der Waals surface area contributed by atoms with Crippen LogP contribution in [-0.4, -0.2) is 34.7 Å². The number of nitrogens with zero attached hydrogens (tertiary/aromatic N) is 1. The van der Waals surface area contributed by atoms with Crippen LogP contribution in [-0.2, 0) is 14.3 Å². The number of thioether (sulfide) groups is 1. The number of amides is 1. The number of nitro groups is 1. The fraction of sp³-hybridized carbons (Fsp3) is 0.500. The number of rotatable bonds is 9. The second kappa shape index (κ2) is 9.92. The van der Waals surface area contributed by atoms with Gasteiger partial charge in [-0.05, 0) is 31.9 Å². The van der Waals surface area contributed by atoms with Gasteiger partial charge in [0.1, 0.15) is 5.25 Å². The molecule has 1 rings (SSSR count). The lowest BCUT2D eigenvalue weighted by Crippen LogP contribution is -2.37. The molecule has 0 saturated heterocycles. The van der Waals surface area contributed by atoms with E-state index in [0.29, 0.717) is 4.90 Å². The first-order chi connectivity index (χ1) is 11.4. The second-order valence-electron chi connectivity index (χ2n) is 5.20. The summed E-state index contributed by atoms with van der Waals surface area (Å²) < 4.78 is 5.01. The van der Waals surface area contributed by atoms with Gasteiger partial charge in [0, 0.05) is 23.1 Å². The van der Waals surface area contributed by atoms with Crippen molar-refractivity contribution in [2.45, 2.75) is 49.8 Å². The Morgan fingerprint density at radius 2 is 1.83 bits per heavy atom. The molecule has 0 saturated carbocycles. The minimum Gasteiger partial charge on any atom is -0.455 e. The molecule has 0 spiro atoms. The Kier molecular flexibility index (Phi) is 8.25. The molecule has 1 amide bonds. The molecule has 7 nitrogen and oxygen atoms in total. The maximum atomic E-state index is 11.9. The fourth-order valence-corrected chi connectivity index (χ4v) is 2.78. The zero-order chi connectivity index (χ0) is 18.1. The minimum absolute atomic E-state index is 0.00680. The molecule has 0 aliphatic rings. The molecule has 1 aromatic rings. The average molecular weight is 354 g/mol. The first-order valence-electron chi connectivity index (χ1n) is 7.74. The molecule has 0 aliphatic carbocycles. The molecule has 132 valence electrons. The fourth-order valence-electron chi connectivity index (χ4n) is 1.91. The third-order valence-corrected chi connectivity index (χ3v) is 4.48. The van der Waals surface area contributed by atoms with Gasteiger partial charge in [0.2, 0.25) is 0 Å². The molecule has 0 aliphatic heterocycles. The highest BCUT2D eigenvalue weighted by molar-refractivity contribution is 8.00. The van der Waals surface area contributed by atoms with Crippen molar-refractivity contribution in [2.75, 3.05) is 6.61 Å². The average Bonchev–Trinajstić information content (AvgIpc) is 2.57. The van der Waals surface area contributed by atoms with E-state index in [4.69, 9.17) is 4.74 Å². The molecule has 0 unspecified atom stereocenters. The van der Waals surface area contributed by atoms with E-state index in [0.717, 1.165) is 12.8 Å². The van der Waals surface area contributed by atoms with E-state index in [1.807, 2.05) is 13.8 Å². The normalized spacial score (nSPS) is 11.8. The van der Waals surface area contributed by atoms with E-state index >= 15 is 0 Å². The zero-order valence-corrected chi connectivity index (χ0v) is 14.8. The van der Waals surface area contributed by atoms with E-state index in [-0.39, 0.29) is 24.2 Å². The van der Waals surface area contributed by atoms with Crippen molar-refractivity contribution in [3.8, 4) is 0 Å². The Labute approximate surface area is 145 Å². The van der Waals surface area contributed by atoms with Crippen molar-refractivity contribution in [1.82, 2.24) is 5.32 Å². The molecule has 0 aromatic heterocycles. The van der Waals surface area contributed by atoms with Gasteiger partial charge in [-0.15, -0.1) is 11.8 Å². The lowest BCUT2D eigenvalue weighted by atomic mass is 10.2. The smallest absolute Gasteiger partial charge is 0.319 e. The molecule has 1 N–H and O–H groups in total. The third-order valence-electron chi connectivity index (χ3n) is 3.39. The highest BCUT2D eigenvalue weighted by Crippen LogP contribution is 2.25. The largest absolute Gasteiger partial charge is 0.455 e. The molecule has 0 heterocycles. The number of ether oxygens (including phenoxy) is 1. The number of hydrogen-bond acceptors (Lipinski definition) is 6. The van der Waals surface area contributed by atoms with Crippen LogP contribution in [0.3, 0.4) is 0 Å². The summed E-state index contributed by atoms with van der Waals surface area (Å²) in [5.74, 6) is -0.817. The quantitative estimate of drug-likeness (QED) is 0.317. The van der Waals surface area contributed by atoms with Crippen LogP contribution in [0.1, 0.15) is 33.6 Å². The Balaban J connectivity index is 2.44. The Bertz CT molecular complexity index is 572. The maximum absolute atomic E-state index is 11.9. The van der Waals surface area contributed by atoms with Gasteiger partial charge in [-0.25, -0.2) is 0 Å². The van der Waals surface area contributed by atoms with E-state index in [2.05, 4.69) is 5.32 Å². The summed E-state index contributed by atoms with van der Waals surface area (Å²) in [7, 11) is 0. The van der Waals surface area contributed by atoms with E-state index in [9.17, 15) is 19.7 Å². The van der Waals surface area contributed by atoms with Crippen molar-refractivity contribution in [3.63, 3.8) is 0 Å². The summed E-state index contributed by atoms with van der Waals surface area (Å²) in [6.45, 7) is 5.31. The number of hydrogen-bond donors (Lipinski definition) is 1. The summed E-state index contributed by atoms with van der Waals surface area (Å²) in [4.78, 5) is 34.5. The van der Waals surface area contributed by atoms with Gasteiger partial charge >= 0.3 is 5.97 Å². The van der Waals surface area contributed by atoms with Crippen molar-refractivity contribution >= 4 is 29.3 Å². The molecule has 8 heteroatoms. The number of carbonyl (C=O) groups excluding carboxylic acids is 2. The van der Waals surface area contributed by atoms with E-state index < -0.39 is 16.1 Å². The van der Waals surface area contributed by atoms with Crippen LogP contribution in [0.5, 0.6) is 0 Å². The lowest BCUT2D eigenvalue weighted by Gasteiger charge is -2.15. The highest BCUT2D eigenvalue weighted by Gasteiger charge is 2.18. The number of benzene rings is 1. The molecular weight excluding hydrogens is 332 g/mol. The van der Waals surface area contributed by atoms with Crippen LogP contribution >= 0.6 is 11.8 Å². The van der Waals surface area contributed by atoms with Gasteiger partial charge in [0.25, 0.3) is 11.6 Å². The van der Waals surface area contributed by atoms with Crippen LogP contribution in [0.4, 0.5) is 5.69 Å². The van der Waals surface area contributed by atoms with Gasteiger partial charge in [0.15, 0.2) is 6.61 Å². The first-order valence-corrected chi connectivity index (χ1v) is 8.62. The van der Waals surface area contributed by atoms with Gasteiger partial charge in [0.05, 0.1) is 4.92 Å².